The van der Waals surface area contributed by atoms with Gasteiger partial charge in [0.15, 0.2) is 17.5 Å². The molecule has 216 valence electrons. The predicted molar refractivity (Wildman–Crippen MR) is 144 cm³/mol. The van der Waals surface area contributed by atoms with E-state index in [0.717, 1.165) is 38.3 Å². The molecular weight excluding hydrogens is 540 g/mol. The lowest BCUT2D eigenvalue weighted by Gasteiger charge is -2.40. The zero-order valence-electron chi connectivity index (χ0n) is 22.3. The Morgan fingerprint density at radius 3 is 2.83 bits per heavy atom. The largest absolute Gasteiger partial charge is 0.491 e. The molecule has 1 aromatic heterocycles. The lowest BCUT2D eigenvalue weighted by molar-refractivity contribution is 0.107. The summed E-state index contributed by atoms with van der Waals surface area (Å²) in [5.41, 5.74) is 4.66. The number of ether oxygens (including phenoxy) is 2. The van der Waals surface area contributed by atoms with E-state index >= 15 is 4.39 Å². The van der Waals surface area contributed by atoms with Gasteiger partial charge in [-0.3, -0.25) is 4.90 Å². The fourth-order valence-electron chi connectivity index (χ4n) is 7.76. The minimum absolute atomic E-state index is 0.0382. The first-order valence-electron chi connectivity index (χ1n) is 14.3. The molecule has 12 heteroatoms. The first kappa shape index (κ1) is 25.3. The maximum atomic E-state index is 16.4. The second-order valence-corrected chi connectivity index (χ2v) is 12.1. The molecule has 0 aliphatic carbocycles. The maximum Gasteiger partial charge on any atom is 0.319 e. The van der Waals surface area contributed by atoms with Crippen molar-refractivity contribution in [2.45, 2.75) is 61.9 Å². The van der Waals surface area contributed by atoms with Crippen LogP contribution in [0.2, 0.25) is 0 Å². The Balaban J connectivity index is 1.29. The molecule has 41 heavy (non-hydrogen) atoms. The number of aromatic nitrogens is 2. The van der Waals surface area contributed by atoms with Gasteiger partial charge < -0.3 is 25.4 Å². The van der Waals surface area contributed by atoms with Crippen LogP contribution in [0.1, 0.15) is 32.1 Å². The molecule has 2 aromatic carbocycles. The van der Waals surface area contributed by atoms with Crippen LogP contribution in [-0.2, 0) is 0 Å². The number of nitrogens with two attached hydrogens (primary N) is 1. The Bertz CT molecular complexity index is 1570. The Hall–Kier alpha value is -3.38. The number of anilines is 2. The van der Waals surface area contributed by atoms with E-state index in [2.05, 4.69) is 20.1 Å². The van der Waals surface area contributed by atoms with E-state index in [9.17, 15) is 13.2 Å². The third-order valence-electron chi connectivity index (χ3n) is 9.65. The molecule has 0 radical (unpaired) electrons. The highest BCUT2D eigenvalue weighted by Crippen LogP contribution is 2.46. The molecule has 5 aliphatic rings. The van der Waals surface area contributed by atoms with Crippen molar-refractivity contribution in [2.75, 3.05) is 43.5 Å². The van der Waals surface area contributed by atoms with Gasteiger partial charge in [-0.25, -0.2) is 17.6 Å². The van der Waals surface area contributed by atoms with Crippen molar-refractivity contribution >= 4 is 22.4 Å². The number of piperazine rings is 1. The van der Waals surface area contributed by atoms with E-state index in [1.54, 1.807) is 0 Å². The number of nitrogens with one attached hydrogen (secondary N) is 1. The normalized spacial score (nSPS) is 30.3. The van der Waals surface area contributed by atoms with Crippen LogP contribution in [0.25, 0.3) is 22.0 Å². The van der Waals surface area contributed by atoms with Crippen LogP contribution in [0, 0.1) is 17.5 Å². The minimum Gasteiger partial charge on any atom is -0.491 e. The summed E-state index contributed by atoms with van der Waals surface area (Å²) in [4.78, 5) is 13.5. The van der Waals surface area contributed by atoms with Gasteiger partial charge in [-0.05, 0) is 50.4 Å². The second kappa shape index (κ2) is 9.06. The standard InChI is InChI=1S/C29H30F4N6O2/c30-14-9-29(4-1-5-38(29)10-14)13-41-28-36-26-23-22(8-18(25(26)33)17-6-15(34)7-19(31)24(17)32)40-12-21-20-3-2-16(35-20)11-39(21)27(23)37-28/h6-8,14,16,20-21,35H,1-5,9-13,34H2/t14-,16?,20-,21+,29+/m1/s1. The molecule has 6 heterocycles. The van der Waals surface area contributed by atoms with Crippen LogP contribution in [0.4, 0.5) is 29.1 Å². The van der Waals surface area contributed by atoms with Crippen molar-refractivity contribution in [3.63, 3.8) is 0 Å². The van der Waals surface area contributed by atoms with Crippen LogP contribution in [0.5, 0.6) is 11.8 Å². The summed E-state index contributed by atoms with van der Waals surface area (Å²) in [5, 5.41) is 3.99. The summed E-state index contributed by atoms with van der Waals surface area (Å²) in [7, 11) is 0. The SMILES string of the molecule is Nc1cc(F)c(F)c(-c2cc3c4c(nc(OC[C@@]56CCCN5C[C@H](F)C6)nc4c2F)N2CC4CC[C@@H](N4)[C@@H]2CO3)c1. The van der Waals surface area contributed by atoms with E-state index in [4.69, 9.17) is 20.2 Å². The molecule has 5 aliphatic heterocycles. The molecule has 0 amide bonds. The van der Waals surface area contributed by atoms with Crippen molar-refractivity contribution in [3.05, 3.63) is 35.7 Å². The van der Waals surface area contributed by atoms with Gasteiger partial charge in [0.2, 0.25) is 0 Å². The molecule has 0 spiro atoms. The molecule has 4 fully saturated rings. The van der Waals surface area contributed by atoms with Crippen molar-refractivity contribution < 1.29 is 27.0 Å². The fourth-order valence-corrected chi connectivity index (χ4v) is 7.76. The van der Waals surface area contributed by atoms with E-state index < -0.39 is 29.2 Å². The maximum absolute atomic E-state index is 16.4. The molecule has 2 bridgehead atoms. The summed E-state index contributed by atoms with van der Waals surface area (Å²) in [6.07, 6.45) is 3.18. The van der Waals surface area contributed by atoms with Gasteiger partial charge in [-0.2, -0.15) is 9.97 Å². The highest BCUT2D eigenvalue weighted by Gasteiger charge is 2.50. The van der Waals surface area contributed by atoms with Gasteiger partial charge in [-0.15, -0.1) is 0 Å². The van der Waals surface area contributed by atoms with Gasteiger partial charge in [0.25, 0.3) is 0 Å². The Morgan fingerprint density at radius 2 is 1.95 bits per heavy atom. The first-order chi connectivity index (χ1) is 19.8. The smallest absolute Gasteiger partial charge is 0.319 e. The zero-order valence-corrected chi connectivity index (χ0v) is 22.3. The average molecular weight is 571 g/mol. The minimum atomic E-state index is -1.22. The topological polar surface area (TPSA) is 88.8 Å². The Morgan fingerprint density at radius 1 is 1.10 bits per heavy atom. The number of benzene rings is 2. The number of hydrogen-bond acceptors (Lipinski definition) is 8. The summed E-state index contributed by atoms with van der Waals surface area (Å²) in [5.74, 6) is -2.48. The van der Waals surface area contributed by atoms with Crippen molar-refractivity contribution in [1.29, 1.82) is 0 Å². The molecule has 8 rings (SSSR count). The first-order valence-corrected chi connectivity index (χ1v) is 14.3. The van der Waals surface area contributed by atoms with E-state index in [1.165, 1.54) is 12.1 Å². The lowest BCUT2D eigenvalue weighted by atomic mass is 9.95. The molecule has 4 saturated heterocycles. The van der Waals surface area contributed by atoms with Gasteiger partial charge in [0, 0.05) is 48.4 Å². The monoisotopic (exact) mass is 570 g/mol. The second-order valence-electron chi connectivity index (χ2n) is 12.1. The predicted octanol–water partition coefficient (Wildman–Crippen LogP) is 3.95. The summed E-state index contributed by atoms with van der Waals surface area (Å²) < 4.78 is 72.5. The van der Waals surface area contributed by atoms with Crippen LogP contribution in [0.3, 0.4) is 0 Å². The van der Waals surface area contributed by atoms with Crippen molar-refractivity contribution in [2.24, 2.45) is 0 Å². The van der Waals surface area contributed by atoms with E-state index in [1.807, 2.05) is 0 Å². The van der Waals surface area contributed by atoms with Crippen LogP contribution in [0.15, 0.2) is 18.2 Å². The third-order valence-corrected chi connectivity index (χ3v) is 9.65. The lowest BCUT2D eigenvalue weighted by Crippen LogP contribution is -2.60. The number of hydrogen-bond donors (Lipinski definition) is 2. The molecule has 1 unspecified atom stereocenters. The van der Waals surface area contributed by atoms with Gasteiger partial charge in [-0.1, -0.05) is 0 Å². The molecule has 3 aromatic rings. The number of halogens is 4. The van der Waals surface area contributed by atoms with Crippen molar-refractivity contribution in [1.82, 2.24) is 20.2 Å². The van der Waals surface area contributed by atoms with Gasteiger partial charge in [0.1, 0.15) is 36.5 Å². The van der Waals surface area contributed by atoms with Crippen LogP contribution >= 0.6 is 0 Å². The Labute approximate surface area is 233 Å². The highest BCUT2D eigenvalue weighted by molar-refractivity contribution is 5.99. The van der Waals surface area contributed by atoms with Gasteiger partial charge >= 0.3 is 6.01 Å². The van der Waals surface area contributed by atoms with Crippen LogP contribution in [-0.4, -0.2) is 77.6 Å². The molecular formula is C29H30F4N6O2. The summed E-state index contributed by atoms with van der Waals surface area (Å²) in [6, 6.07) is 3.72. The highest BCUT2D eigenvalue weighted by atomic mass is 19.2. The van der Waals surface area contributed by atoms with Crippen LogP contribution < -0.4 is 25.4 Å². The third kappa shape index (κ3) is 3.86. The molecule has 0 saturated carbocycles. The summed E-state index contributed by atoms with van der Waals surface area (Å²) in [6.45, 7) is 2.30. The van der Waals surface area contributed by atoms with Crippen molar-refractivity contribution in [3.8, 4) is 22.9 Å². The molecule has 5 atom stereocenters. The Kier molecular flexibility index (Phi) is 5.60. The molecule has 3 N–H and O–H groups in total. The number of rotatable bonds is 4. The van der Waals surface area contributed by atoms with E-state index in [0.29, 0.717) is 37.3 Å². The fraction of sp³-hybridized carbons (Fsp3) is 0.517. The number of alkyl halides is 1. The number of fused-ring (bicyclic) bond motifs is 6. The average Bonchev–Trinajstić information content (AvgIpc) is 3.58. The summed E-state index contributed by atoms with van der Waals surface area (Å²) >= 11 is 0. The zero-order chi connectivity index (χ0) is 28.0. The van der Waals surface area contributed by atoms with E-state index in [-0.39, 0.29) is 58.8 Å². The molecule has 8 nitrogen and oxygen atoms in total. The van der Waals surface area contributed by atoms with Gasteiger partial charge in [0.05, 0.1) is 17.0 Å². The quantitative estimate of drug-likeness (QED) is 0.360. The number of nitrogens with zero attached hydrogens (tertiary/aromatic N) is 4. The number of nitrogen functional groups attached to an aromatic ring is 1.